The smallest absolute Gasteiger partial charge is 0.0834 e. The molecule has 0 bridgehead atoms. The normalized spacial score (nSPS) is 14.4. The van der Waals surface area contributed by atoms with E-state index in [1.165, 1.54) is 4.91 Å². The van der Waals surface area contributed by atoms with Crippen LogP contribution in [0.15, 0.2) is 15.3 Å². The highest BCUT2D eigenvalue weighted by Gasteiger charge is 2.16. The lowest BCUT2D eigenvalue weighted by molar-refractivity contribution is 0.567. The molecule has 0 heterocycles. The molecule has 0 aliphatic rings. The molecule has 1 atom stereocenters. The molecule has 0 rings (SSSR count). The first-order chi connectivity index (χ1) is 6.52. The fourth-order valence-electron chi connectivity index (χ4n) is 1.17. The summed E-state index contributed by atoms with van der Waals surface area (Å²) in [7, 11) is 0. The molecule has 0 radical (unpaired) electrons. The van der Waals surface area contributed by atoms with Crippen LogP contribution in [0.3, 0.4) is 0 Å². The Morgan fingerprint density at radius 3 is 2.07 bits per heavy atom. The van der Waals surface area contributed by atoms with Gasteiger partial charge in [-0.15, -0.1) is 23.5 Å². The van der Waals surface area contributed by atoms with Crippen LogP contribution >= 0.6 is 23.5 Å². The quantitative estimate of drug-likeness (QED) is 0.662. The van der Waals surface area contributed by atoms with Crippen molar-refractivity contribution in [3.8, 4) is 0 Å². The van der Waals surface area contributed by atoms with Crippen molar-refractivity contribution in [2.24, 2.45) is 10.9 Å². The zero-order chi connectivity index (χ0) is 11.1. The Morgan fingerprint density at radius 2 is 1.79 bits per heavy atom. The summed E-state index contributed by atoms with van der Waals surface area (Å²) < 4.78 is 0. The van der Waals surface area contributed by atoms with Gasteiger partial charge in [0, 0.05) is 10.6 Å². The number of thioether (sulfide) groups is 2. The van der Waals surface area contributed by atoms with Gasteiger partial charge < -0.3 is 0 Å². The third-order valence-corrected chi connectivity index (χ3v) is 3.26. The summed E-state index contributed by atoms with van der Waals surface area (Å²) in [6.07, 6.45) is 4.22. The Balaban J connectivity index is 4.79. The van der Waals surface area contributed by atoms with Crippen molar-refractivity contribution in [3.05, 3.63) is 10.3 Å². The van der Waals surface area contributed by atoms with Crippen molar-refractivity contribution in [1.29, 1.82) is 0 Å². The van der Waals surface area contributed by atoms with Gasteiger partial charge in [0.2, 0.25) is 0 Å². The maximum absolute atomic E-state index is 4.68. The first kappa shape index (κ1) is 14.1. The summed E-state index contributed by atoms with van der Waals surface area (Å²) in [6.45, 7) is 8.57. The third kappa shape index (κ3) is 5.11. The minimum atomic E-state index is 0.336. The van der Waals surface area contributed by atoms with Gasteiger partial charge >= 0.3 is 0 Å². The predicted molar refractivity (Wildman–Crippen MR) is 72.5 cm³/mol. The number of hydrogen-bond donors (Lipinski definition) is 0. The highest BCUT2D eigenvalue weighted by molar-refractivity contribution is 8.05. The van der Waals surface area contributed by atoms with Crippen LogP contribution < -0.4 is 0 Å². The second-order valence-corrected chi connectivity index (χ2v) is 5.31. The van der Waals surface area contributed by atoms with Crippen molar-refractivity contribution in [2.75, 3.05) is 12.5 Å². The molecule has 0 aromatic rings. The van der Waals surface area contributed by atoms with E-state index in [2.05, 4.69) is 50.6 Å². The number of aliphatic imine (C=N–C) groups is 1. The van der Waals surface area contributed by atoms with E-state index in [4.69, 9.17) is 0 Å². The molecule has 0 aromatic heterocycles. The number of rotatable bonds is 5. The molecular formula is C11H21NS2. The summed E-state index contributed by atoms with van der Waals surface area (Å²) >= 11 is 3.56. The lowest BCUT2D eigenvalue weighted by Gasteiger charge is -2.19. The van der Waals surface area contributed by atoms with Gasteiger partial charge in [0.1, 0.15) is 0 Å². The second-order valence-electron chi connectivity index (χ2n) is 3.73. The molecule has 1 nitrogen and oxygen atoms in total. The van der Waals surface area contributed by atoms with Gasteiger partial charge in [-0.2, -0.15) is 0 Å². The molecule has 0 saturated carbocycles. The largest absolute Gasteiger partial charge is 0.286 e. The molecule has 3 heteroatoms. The first-order valence-electron chi connectivity index (χ1n) is 4.80. The van der Waals surface area contributed by atoms with Gasteiger partial charge in [-0.25, -0.2) is 0 Å². The highest BCUT2D eigenvalue weighted by atomic mass is 32.2. The van der Waals surface area contributed by atoms with E-state index in [0.29, 0.717) is 12.0 Å². The molecule has 0 amide bonds. The fourth-order valence-corrected chi connectivity index (χ4v) is 2.79. The van der Waals surface area contributed by atoms with Crippen LogP contribution in [0.2, 0.25) is 0 Å². The molecular weight excluding hydrogens is 210 g/mol. The second kappa shape index (κ2) is 7.41. The van der Waals surface area contributed by atoms with Gasteiger partial charge in [-0.1, -0.05) is 13.8 Å². The summed E-state index contributed by atoms with van der Waals surface area (Å²) in [5, 5.41) is 2.21. The molecule has 0 N–H and O–H groups in total. The van der Waals surface area contributed by atoms with Gasteiger partial charge in [0.15, 0.2) is 0 Å². The summed E-state index contributed by atoms with van der Waals surface area (Å²) in [5.41, 5.74) is 1.16. The lowest BCUT2D eigenvalue weighted by Crippen LogP contribution is -2.15. The predicted octanol–water partition coefficient (Wildman–Crippen LogP) is 4.06. The Morgan fingerprint density at radius 1 is 1.21 bits per heavy atom. The highest BCUT2D eigenvalue weighted by Crippen LogP contribution is 2.27. The maximum atomic E-state index is 4.68. The minimum absolute atomic E-state index is 0.336. The maximum Gasteiger partial charge on any atom is 0.0834 e. The standard InChI is InChI=1S/C11H21NS2/c1-8(2)11(12-9(3)4)10(14-6)7-13-5/h7-8,11H,1-6H3/b10-7-. The van der Waals surface area contributed by atoms with E-state index in [-0.39, 0.29) is 0 Å². The Bertz CT molecular complexity index is 215. The third-order valence-electron chi connectivity index (χ3n) is 1.79. The zero-order valence-corrected chi connectivity index (χ0v) is 11.6. The van der Waals surface area contributed by atoms with Crippen LogP contribution in [0.4, 0.5) is 0 Å². The molecule has 1 unspecified atom stereocenters. The molecule has 0 saturated heterocycles. The van der Waals surface area contributed by atoms with Gasteiger partial charge in [0.05, 0.1) is 6.04 Å². The molecule has 0 aliphatic carbocycles. The van der Waals surface area contributed by atoms with Crippen LogP contribution in [0.1, 0.15) is 27.7 Å². The summed E-state index contributed by atoms with van der Waals surface area (Å²) in [6, 6.07) is 0.336. The minimum Gasteiger partial charge on any atom is -0.286 e. The van der Waals surface area contributed by atoms with Gasteiger partial charge in [0.25, 0.3) is 0 Å². The topological polar surface area (TPSA) is 12.4 Å². The summed E-state index contributed by atoms with van der Waals surface area (Å²) in [4.78, 5) is 6.05. The van der Waals surface area contributed by atoms with Crippen LogP contribution in [0.25, 0.3) is 0 Å². The van der Waals surface area contributed by atoms with E-state index >= 15 is 0 Å². The van der Waals surface area contributed by atoms with E-state index in [9.17, 15) is 0 Å². The Kier molecular flexibility index (Phi) is 7.47. The van der Waals surface area contributed by atoms with Crippen LogP contribution in [-0.4, -0.2) is 24.3 Å². The van der Waals surface area contributed by atoms with Crippen LogP contribution in [0.5, 0.6) is 0 Å². The number of hydrogen-bond acceptors (Lipinski definition) is 3. The van der Waals surface area contributed by atoms with E-state index in [0.717, 1.165) is 5.71 Å². The Labute approximate surface area is 96.8 Å². The van der Waals surface area contributed by atoms with Gasteiger partial charge in [-0.05, 0) is 37.7 Å². The van der Waals surface area contributed by atoms with E-state index < -0.39 is 0 Å². The molecule has 82 valence electrons. The van der Waals surface area contributed by atoms with E-state index in [1.54, 1.807) is 23.5 Å². The average molecular weight is 231 g/mol. The van der Waals surface area contributed by atoms with Crippen molar-refractivity contribution in [2.45, 2.75) is 33.7 Å². The van der Waals surface area contributed by atoms with Crippen LogP contribution in [-0.2, 0) is 0 Å². The van der Waals surface area contributed by atoms with Crippen molar-refractivity contribution < 1.29 is 0 Å². The molecule has 14 heavy (non-hydrogen) atoms. The molecule has 0 spiro atoms. The van der Waals surface area contributed by atoms with Crippen molar-refractivity contribution in [1.82, 2.24) is 0 Å². The molecule has 0 fully saturated rings. The van der Waals surface area contributed by atoms with Crippen molar-refractivity contribution >= 4 is 29.2 Å². The number of nitrogens with zero attached hydrogens (tertiary/aromatic N) is 1. The fraction of sp³-hybridized carbons (Fsp3) is 0.727. The monoisotopic (exact) mass is 231 g/mol. The first-order valence-corrected chi connectivity index (χ1v) is 7.32. The Hall–Kier alpha value is 0.110. The molecule has 0 aromatic carbocycles. The lowest BCUT2D eigenvalue weighted by atomic mass is 10.1. The van der Waals surface area contributed by atoms with Crippen LogP contribution in [0, 0.1) is 5.92 Å². The van der Waals surface area contributed by atoms with Gasteiger partial charge in [-0.3, -0.25) is 4.99 Å². The van der Waals surface area contributed by atoms with E-state index in [1.807, 2.05) is 0 Å². The average Bonchev–Trinajstić information content (AvgIpc) is 2.10. The van der Waals surface area contributed by atoms with Crippen molar-refractivity contribution in [3.63, 3.8) is 0 Å². The summed E-state index contributed by atoms with van der Waals surface area (Å²) in [5.74, 6) is 0.566. The SMILES string of the molecule is CS/C=C(\SC)C(N=C(C)C)C(C)C. The zero-order valence-electron chi connectivity index (χ0n) is 10.00. The molecule has 0 aliphatic heterocycles.